The molecular weight excluding hydrogens is 190 g/mol. The standard InChI is InChI=1S/C12H17NO2/c1-10(11-4-7-15-8-5-11)13-6-2-3-12(13)9-14/h2-3,6,9-11H,4-5,7-8H2,1H3. The minimum Gasteiger partial charge on any atom is -0.381 e. The predicted molar refractivity (Wildman–Crippen MR) is 58.1 cm³/mol. The third-order valence-electron chi connectivity index (χ3n) is 3.32. The van der Waals surface area contributed by atoms with Gasteiger partial charge in [-0.15, -0.1) is 0 Å². The number of rotatable bonds is 3. The lowest BCUT2D eigenvalue weighted by Crippen LogP contribution is -2.24. The highest BCUT2D eigenvalue weighted by Crippen LogP contribution is 2.28. The number of nitrogens with zero attached hydrogens (tertiary/aromatic N) is 1. The van der Waals surface area contributed by atoms with Crippen molar-refractivity contribution in [2.45, 2.75) is 25.8 Å². The van der Waals surface area contributed by atoms with E-state index in [9.17, 15) is 4.79 Å². The van der Waals surface area contributed by atoms with Gasteiger partial charge in [0.2, 0.25) is 0 Å². The smallest absolute Gasteiger partial charge is 0.166 e. The summed E-state index contributed by atoms with van der Waals surface area (Å²) in [5.41, 5.74) is 0.772. The molecular formula is C12H17NO2. The SMILES string of the molecule is CC(C1CCOCC1)n1cccc1C=O. The van der Waals surface area contributed by atoms with E-state index in [4.69, 9.17) is 4.74 Å². The van der Waals surface area contributed by atoms with Crippen LogP contribution in [-0.4, -0.2) is 24.1 Å². The van der Waals surface area contributed by atoms with Gasteiger partial charge in [-0.05, 0) is 37.8 Å². The fourth-order valence-electron chi connectivity index (χ4n) is 2.30. The first-order chi connectivity index (χ1) is 7.33. The van der Waals surface area contributed by atoms with Gasteiger partial charge in [0.1, 0.15) is 0 Å². The molecule has 1 saturated heterocycles. The summed E-state index contributed by atoms with van der Waals surface area (Å²) in [4.78, 5) is 10.8. The molecule has 0 spiro atoms. The van der Waals surface area contributed by atoms with E-state index in [2.05, 4.69) is 11.5 Å². The van der Waals surface area contributed by atoms with Crippen molar-refractivity contribution in [1.29, 1.82) is 0 Å². The van der Waals surface area contributed by atoms with Crippen molar-refractivity contribution in [3.05, 3.63) is 24.0 Å². The van der Waals surface area contributed by atoms with Gasteiger partial charge in [0.25, 0.3) is 0 Å². The zero-order valence-corrected chi connectivity index (χ0v) is 9.06. The normalized spacial score (nSPS) is 20.1. The number of aromatic nitrogens is 1. The third-order valence-corrected chi connectivity index (χ3v) is 3.32. The van der Waals surface area contributed by atoms with Crippen LogP contribution in [0.5, 0.6) is 0 Å². The zero-order valence-electron chi connectivity index (χ0n) is 9.06. The molecule has 2 heterocycles. The molecule has 3 nitrogen and oxygen atoms in total. The van der Waals surface area contributed by atoms with Crippen LogP contribution in [0.25, 0.3) is 0 Å². The molecule has 0 aliphatic carbocycles. The van der Waals surface area contributed by atoms with Crippen LogP contribution in [0.2, 0.25) is 0 Å². The molecule has 0 N–H and O–H groups in total. The molecule has 82 valence electrons. The van der Waals surface area contributed by atoms with Gasteiger partial charge in [-0.3, -0.25) is 4.79 Å². The maximum atomic E-state index is 10.8. The maximum absolute atomic E-state index is 10.8. The molecule has 1 aromatic rings. The van der Waals surface area contributed by atoms with Crippen LogP contribution in [0.4, 0.5) is 0 Å². The van der Waals surface area contributed by atoms with Crippen molar-refractivity contribution < 1.29 is 9.53 Å². The number of hydrogen-bond acceptors (Lipinski definition) is 2. The first-order valence-corrected chi connectivity index (χ1v) is 5.52. The van der Waals surface area contributed by atoms with E-state index in [1.165, 1.54) is 0 Å². The predicted octanol–water partition coefficient (Wildman–Crippen LogP) is 2.29. The van der Waals surface area contributed by atoms with Gasteiger partial charge in [0.05, 0.1) is 5.69 Å². The number of carbonyl (C=O) groups is 1. The van der Waals surface area contributed by atoms with E-state index in [1.54, 1.807) is 0 Å². The van der Waals surface area contributed by atoms with E-state index in [-0.39, 0.29) is 0 Å². The molecule has 0 aromatic carbocycles. The third kappa shape index (κ3) is 2.12. The highest BCUT2D eigenvalue weighted by Gasteiger charge is 2.22. The Morgan fingerprint density at radius 3 is 2.93 bits per heavy atom. The van der Waals surface area contributed by atoms with Crippen LogP contribution in [0.15, 0.2) is 18.3 Å². The number of ether oxygens (including phenoxy) is 1. The summed E-state index contributed by atoms with van der Waals surface area (Å²) in [7, 11) is 0. The van der Waals surface area contributed by atoms with E-state index in [0.717, 1.165) is 38.0 Å². The van der Waals surface area contributed by atoms with Crippen molar-refractivity contribution in [2.75, 3.05) is 13.2 Å². The molecule has 2 rings (SSSR count). The molecule has 1 aromatic heterocycles. The Hall–Kier alpha value is -1.09. The highest BCUT2D eigenvalue weighted by atomic mass is 16.5. The lowest BCUT2D eigenvalue weighted by atomic mass is 9.92. The van der Waals surface area contributed by atoms with Crippen LogP contribution >= 0.6 is 0 Å². The van der Waals surface area contributed by atoms with Gasteiger partial charge in [-0.1, -0.05) is 0 Å². The molecule has 1 aliphatic rings. The van der Waals surface area contributed by atoms with E-state index in [0.29, 0.717) is 12.0 Å². The molecule has 0 radical (unpaired) electrons. The fourth-order valence-corrected chi connectivity index (χ4v) is 2.30. The van der Waals surface area contributed by atoms with Crippen LogP contribution < -0.4 is 0 Å². The molecule has 0 bridgehead atoms. The summed E-state index contributed by atoms with van der Waals surface area (Å²) in [5, 5.41) is 0. The van der Waals surface area contributed by atoms with E-state index < -0.39 is 0 Å². The summed E-state index contributed by atoms with van der Waals surface area (Å²) in [5.74, 6) is 0.629. The van der Waals surface area contributed by atoms with Crippen molar-refractivity contribution in [3.63, 3.8) is 0 Å². The van der Waals surface area contributed by atoms with Gasteiger partial charge >= 0.3 is 0 Å². The number of hydrogen-bond donors (Lipinski definition) is 0. The minimum absolute atomic E-state index is 0.393. The molecule has 1 unspecified atom stereocenters. The summed E-state index contributed by atoms with van der Waals surface area (Å²) in [6, 6.07) is 4.19. The van der Waals surface area contributed by atoms with Crippen molar-refractivity contribution >= 4 is 6.29 Å². The Bertz CT molecular complexity index is 326. The average Bonchev–Trinajstić information content (AvgIpc) is 2.77. The summed E-state index contributed by atoms with van der Waals surface area (Å²) in [6.07, 6.45) is 5.11. The molecule has 1 aliphatic heterocycles. The van der Waals surface area contributed by atoms with Gasteiger partial charge in [0.15, 0.2) is 6.29 Å². The summed E-state index contributed by atoms with van der Waals surface area (Å²) >= 11 is 0. The molecule has 3 heteroatoms. The van der Waals surface area contributed by atoms with Gasteiger partial charge in [0, 0.05) is 25.5 Å². The Labute approximate surface area is 90.0 Å². The summed E-state index contributed by atoms with van der Waals surface area (Å²) in [6.45, 7) is 3.89. The first-order valence-electron chi connectivity index (χ1n) is 5.52. The summed E-state index contributed by atoms with van der Waals surface area (Å²) < 4.78 is 7.42. The molecule has 15 heavy (non-hydrogen) atoms. The maximum Gasteiger partial charge on any atom is 0.166 e. The second-order valence-corrected chi connectivity index (χ2v) is 4.15. The topological polar surface area (TPSA) is 31.2 Å². The molecule has 1 fully saturated rings. The van der Waals surface area contributed by atoms with Gasteiger partial charge in [-0.25, -0.2) is 0 Å². The Kier molecular flexibility index (Phi) is 3.21. The minimum atomic E-state index is 0.393. The fraction of sp³-hybridized carbons (Fsp3) is 0.583. The lowest BCUT2D eigenvalue weighted by molar-refractivity contribution is 0.0511. The van der Waals surface area contributed by atoms with Crippen LogP contribution in [0.1, 0.15) is 36.3 Å². The molecule has 0 amide bonds. The number of aldehydes is 1. The average molecular weight is 207 g/mol. The second kappa shape index (κ2) is 4.62. The number of carbonyl (C=O) groups excluding carboxylic acids is 1. The van der Waals surface area contributed by atoms with Crippen LogP contribution in [0.3, 0.4) is 0 Å². The van der Waals surface area contributed by atoms with E-state index in [1.807, 2.05) is 18.3 Å². The van der Waals surface area contributed by atoms with Crippen LogP contribution in [0, 0.1) is 5.92 Å². The van der Waals surface area contributed by atoms with Gasteiger partial charge < -0.3 is 9.30 Å². The Balaban J connectivity index is 2.11. The Morgan fingerprint density at radius 2 is 2.27 bits per heavy atom. The largest absolute Gasteiger partial charge is 0.381 e. The van der Waals surface area contributed by atoms with Crippen LogP contribution in [-0.2, 0) is 4.74 Å². The van der Waals surface area contributed by atoms with E-state index >= 15 is 0 Å². The van der Waals surface area contributed by atoms with Crippen molar-refractivity contribution in [3.8, 4) is 0 Å². The monoisotopic (exact) mass is 207 g/mol. The second-order valence-electron chi connectivity index (χ2n) is 4.15. The lowest BCUT2D eigenvalue weighted by Gasteiger charge is -2.29. The zero-order chi connectivity index (χ0) is 10.7. The molecule has 1 atom stereocenters. The Morgan fingerprint density at radius 1 is 1.53 bits per heavy atom. The van der Waals surface area contributed by atoms with Gasteiger partial charge in [-0.2, -0.15) is 0 Å². The quantitative estimate of drug-likeness (QED) is 0.712. The first kappa shape index (κ1) is 10.4. The molecule has 0 saturated carbocycles. The van der Waals surface area contributed by atoms with Crippen molar-refractivity contribution in [1.82, 2.24) is 4.57 Å². The highest BCUT2D eigenvalue weighted by molar-refractivity contribution is 5.72. The van der Waals surface area contributed by atoms with Crippen molar-refractivity contribution in [2.24, 2.45) is 5.92 Å².